The van der Waals surface area contributed by atoms with Gasteiger partial charge in [-0.05, 0) is 36.2 Å². The molecule has 1 amide bonds. The Labute approximate surface area is 177 Å². The summed E-state index contributed by atoms with van der Waals surface area (Å²) < 4.78 is 11.6. The Kier molecular flexibility index (Phi) is 7.68. The highest BCUT2D eigenvalue weighted by atomic mass is 16.5. The molecule has 7 nitrogen and oxygen atoms in total. The normalized spacial score (nSPS) is 16.2. The summed E-state index contributed by atoms with van der Waals surface area (Å²) in [6.07, 6.45) is 1.02. The van der Waals surface area contributed by atoms with E-state index >= 15 is 0 Å². The molecule has 0 radical (unpaired) electrons. The maximum atomic E-state index is 11.8. The third kappa shape index (κ3) is 5.97. The van der Waals surface area contributed by atoms with Crippen molar-refractivity contribution in [2.45, 2.75) is 32.5 Å². The quantitative estimate of drug-likeness (QED) is 0.482. The Morgan fingerprint density at radius 2 is 2.03 bits per heavy atom. The SMILES string of the molecule is CN=C(NCc1cccc(C(=O)NC)c1)NCc1ccc(C)cc1OC1CCOC1. The molecule has 0 aromatic heterocycles. The number of carbonyl (C=O) groups is 1. The largest absolute Gasteiger partial charge is 0.488 e. The van der Waals surface area contributed by atoms with Gasteiger partial charge in [-0.15, -0.1) is 0 Å². The Morgan fingerprint density at radius 3 is 2.77 bits per heavy atom. The third-order valence-corrected chi connectivity index (χ3v) is 4.95. The number of aliphatic imine (C=N–C) groups is 1. The lowest BCUT2D eigenvalue weighted by Gasteiger charge is -2.18. The number of rotatable bonds is 7. The van der Waals surface area contributed by atoms with Crippen LogP contribution in [-0.4, -0.2) is 45.3 Å². The molecule has 2 aromatic carbocycles. The molecule has 160 valence electrons. The van der Waals surface area contributed by atoms with Gasteiger partial charge in [-0.3, -0.25) is 9.79 Å². The van der Waals surface area contributed by atoms with E-state index in [4.69, 9.17) is 9.47 Å². The number of ether oxygens (including phenoxy) is 2. The number of amides is 1. The van der Waals surface area contributed by atoms with Crippen molar-refractivity contribution in [2.24, 2.45) is 4.99 Å². The van der Waals surface area contributed by atoms with E-state index in [-0.39, 0.29) is 12.0 Å². The fourth-order valence-corrected chi connectivity index (χ4v) is 3.26. The van der Waals surface area contributed by atoms with Gasteiger partial charge in [0.2, 0.25) is 0 Å². The lowest BCUT2D eigenvalue weighted by molar-refractivity contribution is 0.0963. The van der Waals surface area contributed by atoms with E-state index < -0.39 is 0 Å². The van der Waals surface area contributed by atoms with Crippen LogP contribution < -0.4 is 20.7 Å². The molecule has 30 heavy (non-hydrogen) atoms. The van der Waals surface area contributed by atoms with Gasteiger partial charge in [-0.2, -0.15) is 0 Å². The van der Waals surface area contributed by atoms with Crippen molar-refractivity contribution >= 4 is 11.9 Å². The first kappa shape index (κ1) is 21.6. The smallest absolute Gasteiger partial charge is 0.251 e. The van der Waals surface area contributed by atoms with E-state index in [0.29, 0.717) is 31.2 Å². The first-order valence-electron chi connectivity index (χ1n) is 10.2. The van der Waals surface area contributed by atoms with Crippen LogP contribution in [0.2, 0.25) is 0 Å². The molecule has 0 aliphatic carbocycles. The maximum absolute atomic E-state index is 11.8. The van der Waals surface area contributed by atoms with Crippen molar-refractivity contribution < 1.29 is 14.3 Å². The zero-order valence-electron chi connectivity index (χ0n) is 17.8. The average molecular weight is 411 g/mol. The van der Waals surface area contributed by atoms with Gasteiger partial charge in [0.1, 0.15) is 11.9 Å². The zero-order valence-corrected chi connectivity index (χ0v) is 17.8. The van der Waals surface area contributed by atoms with E-state index in [1.165, 1.54) is 0 Å². The summed E-state index contributed by atoms with van der Waals surface area (Å²) in [5.74, 6) is 1.46. The molecule has 3 rings (SSSR count). The molecule has 1 fully saturated rings. The van der Waals surface area contributed by atoms with Gasteiger partial charge < -0.3 is 25.4 Å². The molecule has 1 aliphatic heterocycles. The fraction of sp³-hybridized carbons (Fsp3) is 0.391. The second-order valence-electron chi connectivity index (χ2n) is 7.27. The van der Waals surface area contributed by atoms with Crippen LogP contribution in [0.3, 0.4) is 0 Å². The highest BCUT2D eigenvalue weighted by Crippen LogP contribution is 2.23. The van der Waals surface area contributed by atoms with Crippen LogP contribution in [0.5, 0.6) is 5.75 Å². The minimum atomic E-state index is -0.0982. The van der Waals surface area contributed by atoms with Gasteiger partial charge in [0, 0.05) is 44.7 Å². The molecule has 0 bridgehead atoms. The minimum Gasteiger partial charge on any atom is -0.488 e. The number of aryl methyl sites for hydroxylation is 1. The number of hydrogen-bond donors (Lipinski definition) is 3. The van der Waals surface area contributed by atoms with Crippen LogP contribution >= 0.6 is 0 Å². The summed E-state index contributed by atoms with van der Waals surface area (Å²) in [7, 11) is 3.36. The number of hydrogen-bond acceptors (Lipinski definition) is 4. The summed E-state index contributed by atoms with van der Waals surface area (Å²) in [6.45, 7) is 4.59. The highest BCUT2D eigenvalue weighted by Gasteiger charge is 2.18. The number of benzene rings is 2. The molecule has 0 saturated carbocycles. The monoisotopic (exact) mass is 410 g/mol. The first-order valence-corrected chi connectivity index (χ1v) is 10.2. The fourth-order valence-electron chi connectivity index (χ4n) is 3.26. The van der Waals surface area contributed by atoms with E-state index in [1.54, 1.807) is 20.2 Å². The molecule has 1 saturated heterocycles. The summed E-state index contributed by atoms with van der Waals surface area (Å²) >= 11 is 0. The summed E-state index contributed by atoms with van der Waals surface area (Å²) in [4.78, 5) is 16.1. The lowest BCUT2D eigenvalue weighted by atomic mass is 10.1. The van der Waals surface area contributed by atoms with Gasteiger partial charge in [0.05, 0.1) is 13.2 Å². The van der Waals surface area contributed by atoms with E-state index in [1.807, 2.05) is 18.2 Å². The summed E-state index contributed by atoms with van der Waals surface area (Å²) in [6, 6.07) is 13.7. The highest BCUT2D eigenvalue weighted by molar-refractivity contribution is 5.94. The second kappa shape index (κ2) is 10.6. The van der Waals surface area contributed by atoms with Crippen LogP contribution in [0.4, 0.5) is 0 Å². The first-order chi connectivity index (χ1) is 14.6. The van der Waals surface area contributed by atoms with Crippen molar-refractivity contribution in [2.75, 3.05) is 27.3 Å². The molecule has 0 spiro atoms. The molecule has 7 heteroatoms. The lowest BCUT2D eigenvalue weighted by Crippen LogP contribution is -2.36. The van der Waals surface area contributed by atoms with Gasteiger partial charge in [-0.1, -0.05) is 24.3 Å². The molecular formula is C23H30N4O3. The van der Waals surface area contributed by atoms with Crippen LogP contribution in [-0.2, 0) is 17.8 Å². The number of carbonyl (C=O) groups excluding carboxylic acids is 1. The van der Waals surface area contributed by atoms with Crippen molar-refractivity contribution in [1.82, 2.24) is 16.0 Å². The maximum Gasteiger partial charge on any atom is 0.251 e. The van der Waals surface area contributed by atoms with Gasteiger partial charge in [0.25, 0.3) is 5.91 Å². The minimum absolute atomic E-state index is 0.0982. The molecular weight excluding hydrogens is 380 g/mol. The van der Waals surface area contributed by atoms with Gasteiger partial charge >= 0.3 is 0 Å². The Morgan fingerprint density at radius 1 is 1.20 bits per heavy atom. The zero-order chi connectivity index (χ0) is 21.3. The second-order valence-corrected chi connectivity index (χ2v) is 7.27. The number of nitrogens with one attached hydrogen (secondary N) is 3. The van der Waals surface area contributed by atoms with Gasteiger partial charge in [-0.25, -0.2) is 0 Å². The van der Waals surface area contributed by atoms with Gasteiger partial charge in [0.15, 0.2) is 5.96 Å². The third-order valence-electron chi connectivity index (χ3n) is 4.95. The predicted molar refractivity (Wildman–Crippen MR) is 118 cm³/mol. The predicted octanol–water partition coefficient (Wildman–Crippen LogP) is 2.39. The molecule has 1 heterocycles. The van der Waals surface area contributed by atoms with Crippen LogP contribution in [0.15, 0.2) is 47.5 Å². The van der Waals surface area contributed by atoms with Crippen LogP contribution in [0.25, 0.3) is 0 Å². The van der Waals surface area contributed by atoms with E-state index in [2.05, 4.69) is 46.1 Å². The average Bonchev–Trinajstić information content (AvgIpc) is 3.27. The Bertz CT molecular complexity index is 892. The van der Waals surface area contributed by atoms with E-state index in [9.17, 15) is 4.79 Å². The topological polar surface area (TPSA) is 84.0 Å². The van der Waals surface area contributed by atoms with Crippen LogP contribution in [0, 0.1) is 6.92 Å². The van der Waals surface area contributed by atoms with Crippen molar-refractivity contribution in [1.29, 1.82) is 0 Å². The summed E-state index contributed by atoms with van der Waals surface area (Å²) in [5.41, 5.74) is 3.86. The van der Waals surface area contributed by atoms with E-state index in [0.717, 1.165) is 35.5 Å². The molecule has 3 N–H and O–H groups in total. The number of nitrogens with zero attached hydrogens (tertiary/aromatic N) is 1. The molecule has 1 aliphatic rings. The van der Waals surface area contributed by atoms with Crippen molar-refractivity contribution in [3.63, 3.8) is 0 Å². The Hall–Kier alpha value is -3.06. The van der Waals surface area contributed by atoms with Crippen molar-refractivity contribution in [3.05, 3.63) is 64.7 Å². The van der Waals surface area contributed by atoms with Crippen LogP contribution in [0.1, 0.15) is 33.5 Å². The molecule has 1 atom stereocenters. The standard InChI is InChI=1S/C23H30N4O3/c1-16-7-8-19(21(11-16)30-20-9-10-29-15-20)14-27-23(25-3)26-13-17-5-4-6-18(12-17)22(28)24-2/h4-8,11-12,20H,9-10,13-15H2,1-3H3,(H,24,28)(H2,25,26,27). The number of guanidine groups is 1. The van der Waals surface area contributed by atoms with Crippen molar-refractivity contribution in [3.8, 4) is 5.75 Å². The molecule has 1 unspecified atom stereocenters. The molecule has 2 aromatic rings. The Balaban J connectivity index is 1.58. The summed E-state index contributed by atoms with van der Waals surface area (Å²) in [5, 5.41) is 9.27.